The van der Waals surface area contributed by atoms with Crippen molar-refractivity contribution >= 4 is 17.9 Å². The minimum Gasteiger partial charge on any atom is -0.462 e. The van der Waals surface area contributed by atoms with Crippen molar-refractivity contribution in [2.75, 3.05) is 13.2 Å². The van der Waals surface area contributed by atoms with Gasteiger partial charge in [-0.15, -0.1) is 0 Å². The molecule has 0 bridgehead atoms. The van der Waals surface area contributed by atoms with Crippen LogP contribution in [0.3, 0.4) is 0 Å². The van der Waals surface area contributed by atoms with Gasteiger partial charge < -0.3 is 14.2 Å². The molecule has 0 heterocycles. The van der Waals surface area contributed by atoms with Crippen LogP contribution < -0.4 is 0 Å². The molecule has 0 aliphatic rings. The second kappa shape index (κ2) is 52.9. The summed E-state index contributed by atoms with van der Waals surface area (Å²) in [5.41, 5.74) is 0. The zero-order chi connectivity index (χ0) is 48.6. The maximum absolute atomic E-state index is 12.8. The molecule has 0 aliphatic heterocycles. The Labute approximate surface area is 407 Å². The van der Waals surface area contributed by atoms with Gasteiger partial charge in [0.25, 0.3) is 0 Å². The molecule has 0 aromatic rings. The second-order valence-corrected chi connectivity index (χ2v) is 15.6. The highest BCUT2D eigenvalue weighted by Gasteiger charge is 2.19. The standard InChI is InChI=1S/C61H86O6/c1-4-7-10-13-16-19-22-25-27-29-30-32-33-36-39-42-45-48-51-54-60(63)66-57-58(56-65-59(62)53-50-47-44-41-38-35-24-21-18-15-12-9-6-3)67-61(64)55-52-49-46-43-40-37-34-31-28-26-23-20-17-14-11-8-5-2/h7-34,36-37,39-40,58H,4-6,35,38,41-57H2,1-3H3/b10-7-,11-8-,12-9-,16-13-,17-14-,18-15-,22-19-,23-20-,24-21-,27-25-,28-26-,30-29+,33-32-,34-31+,39-36-,40-37-. The summed E-state index contributed by atoms with van der Waals surface area (Å²) in [5.74, 6) is -1.07. The average molecular weight is 915 g/mol. The first-order chi connectivity index (χ1) is 33.0. The highest BCUT2D eigenvalue weighted by molar-refractivity contribution is 5.71. The van der Waals surface area contributed by atoms with E-state index in [1.54, 1.807) is 0 Å². The van der Waals surface area contributed by atoms with E-state index in [-0.39, 0.29) is 44.0 Å². The van der Waals surface area contributed by atoms with Crippen molar-refractivity contribution in [2.24, 2.45) is 0 Å². The smallest absolute Gasteiger partial charge is 0.306 e. The molecule has 1 unspecified atom stereocenters. The predicted octanol–water partition coefficient (Wildman–Crippen LogP) is 16.7. The van der Waals surface area contributed by atoms with E-state index in [2.05, 4.69) is 75.5 Å². The van der Waals surface area contributed by atoms with E-state index in [0.29, 0.717) is 19.3 Å². The monoisotopic (exact) mass is 915 g/mol. The Morgan fingerprint density at radius 1 is 0.299 bits per heavy atom. The van der Waals surface area contributed by atoms with E-state index in [1.807, 2.05) is 140 Å². The number of hydrogen-bond donors (Lipinski definition) is 0. The van der Waals surface area contributed by atoms with Crippen LogP contribution in [0.4, 0.5) is 0 Å². The molecule has 0 amide bonds. The van der Waals surface area contributed by atoms with Crippen LogP contribution in [0.15, 0.2) is 194 Å². The lowest BCUT2D eigenvalue weighted by Crippen LogP contribution is -2.30. The van der Waals surface area contributed by atoms with Crippen LogP contribution in [0.2, 0.25) is 0 Å². The Kier molecular flexibility index (Phi) is 48.3. The van der Waals surface area contributed by atoms with Gasteiger partial charge in [0.2, 0.25) is 0 Å². The van der Waals surface area contributed by atoms with Crippen LogP contribution in [0.5, 0.6) is 0 Å². The van der Waals surface area contributed by atoms with Gasteiger partial charge in [0.1, 0.15) is 13.2 Å². The molecule has 0 spiro atoms. The van der Waals surface area contributed by atoms with Crippen molar-refractivity contribution in [3.05, 3.63) is 194 Å². The molecule has 0 radical (unpaired) electrons. The number of unbranched alkanes of at least 4 members (excludes halogenated alkanes) is 11. The second-order valence-electron chi connectivity index (χ2n) is 15.6. The zero-order valence-corrected chi connectivity index (χ0v) is 41.6. The topological polar surface area (TPSA) is 78.9 Å². The Balaban J connectivity index is 4.67. The number of carbonyl (C=O) groups excluding carboxylic acids is 3. The van der Waals surface area contributed by atoms with Gasteiger partial charge in [0.15, 0.2) is 6.10 Å². The molecule has 0 aromatic carbocycles. The van der Waals surface area contributed by atoms with Gasteiger partial charge in [-0.25, -0.2) is 0 Å². The molecule has 0 N–H and O–H groups in total. The fourth-order valence-electron chi connectivity index (χ4n) is 5.81. The molecule has 0 saturated heterocycles. The van der Waals surface area contributed by atoms with Crippen molar-refractivity contribution in [3.8, 4) is 0 Å². The fourth-order valence-corrected chi connectivity index (χ4v) is 5.81. The lowest BCUT2D eigenvalue weighted by atomic mass is 10.1. The van der Waals surface area contributed by atoms with E-state index < -0.39 is 6.10 Å². The van der Waals surface area contributed by atoms with Crippen LogP contribution >= 0.6 is 0 Å². The zero-order valence-electron chi connectivity index (χ0n) is 41.6. The third kappa shape index (κ3) is 51.1. The van der Waals surface area contributed by atoms with Gasteiger partial charge in [-0.05, 0) is 77.0 Å². The lowest BCUT2D eigenvalue weighted by Gasteiger charge is -2.18. The molecule has 67 heavy (non-hydrogen) atoms. The average Bonchev–Trinajstić information content (AvgIpc) is 3.33. The van der Waals surface area contributed by atoms with E-state index in [1.165, 1.54) is 0 Å². The van der Waals surface area contributed by atoms with Crippen LogP contribution in [0, 0.1) is 0 Å². The van der Waals surface area contributed by atoms with Gasteiger partial charge >= 0.3 is 17.9 Å². The molecule has 366 valence electrons. The summed E-state index contributed by atoms with van der Waals surface area (Å²) in [6.07, 6.45) is 81.1. The third-order valence-electron chi connectivity index (χ3n) is 9.49. The summed E-state index contributed by atoms with van der Waals surface area (Å²) in [6, 6.07) is 0. The van der Waals surface area contributed by atoms with Crippen LogP contribution in [-0.2, 0) is 28.6 Å². The van der Waals surface area contributed by atoms with E-state index in [4.69, 9.17) is 14.2 Å². The van der Waals surface area contributed by atoms with Gasteiger partial charge in [-0.3, -0.25) is 14.4 Å². The van der Waals surface area contributed by atoms with Gasteiger partial charge in [0.05, 0.1) is 0 Å². The summed E-state index contributed by atoms with van der Waals surface area (Å²) >= 11 is 0. The molecule has 0 aromatic heterocycles. The quantitative estimate of drug-likeness (QED) is 0.0263. The van der Waals surface area contributed by atoms with Crippen LogP contribution in [-0.4, -0.2) is 37.2 Å². The Hall–Kier alpha value is -5.75. The Morgan fingerprint density at radius 3 is 0.851 bits per heavy atom. The summed E-state index contributed by atoms with van der Waals surface area (Å²) in [4.78, 5) is 38.0. The first kappa shape index (κ1) is 61.2. The van der Waals surface area contributed by atoms with Crippen molar-refractivity contribution in [2.45, 2.75) is 155 Å². The van der Waals surface area contributed by atoms with Gasteiger partial charge in [0, 0.05) is 19.3 Å². The molecule has 6 heteroatoms. The SMILES string of the molecule is CC\C=C/C=C\C=C/C=C\C=C\C=C/C=C\CCCCCC(=O)OCC(COC(=O)CCCCCCC\C=C/C=C\C=C/CC)OC(=O)CCCCC\C=C/C=C/C=C\C=C/C=C\C=C/CC. The third-order valence-corrected chi connectivity index (χ3v) is 9.49. The fraction of sp³-hybridized carbons (Fsp3) is 0.426. The van der Waals surface area contributed by atoms with Crippen LogP contribution in [0.25, 0.3) is 0 Å². The molecule has 6 nitrogen and oxygen atoms in total. The van der Waals surface area contributed by atoms with Crippen molar-refractivity contribution < 1.29 is 28.6 Å². The predicted molar refractivity (Wildman–Crippen MR) is 287 cm³/mol. The van der Waals surface area contributed by atoms with Gasteiger partial charge in [-0.2, -0.15) is 0 Å². The number of ether oxygens (including phenoxy) is 3. The molecular formula is C61H86O6. The number of hydrogen-bond acceptors (Lipinski definition) is 6. The normalized spacial score (nSPS) is 13.8. The molecule has 0 rings (SSSR count). The minimum atomic E-state index is -0.842. The highest BCUT2D eigenvalue weighted by Crippen LogP contribution is 2.11. The summed E-state index contributed by atoms with van der Waals surface area (Å²) in [7, 11) is 0. The summed E-state index contributed by atoms with van der Waals surface area (Å²) in [5, 5.41) is 0. The maximum atomic E-state index is 12.8. The molecule has 1 atom stereocenters. The maximum Gasteiger partial charge on any atom is 0.306 e. The summed E-state index contributed by atoms with van der Waals surface area (Å²) < 4.78 is 16.7. The van der Waals surface area contributed by atoms with Gasteiger partial charge in [-0.1, -0.05) is 247 Å². The summed E-state index contributed by atoms with van der Waals surface area (Å²) in [6.45, 7) is 6.07. The number of carbonyl (C=O) groups is 3. The van der Waals surface area contributed by atoms with Crippen molar-refractivity contribution in [1.82, 2.24) is 0 Å². The molecule has 0 saturated carbocycles. The minimum absolute atomic E-state index is 0.135. The number of rotatable bonds is 41. The first-order valence-corrected chi connectivity index (χ1v) is 25.2. The van der Waals surface area contributed by atoms with E-state index in [9.17, 15) is 14.4 Å². The van der Waals surface area contributed by atoms with E-state index in [0.717, 1.165) is 96.3 Å². The van der Waals surface area contributed by atoms with Crippen molar-refractivity contribution in [1.29, 1.82) is 0 Å². The molecular weight excluding hydrogens is 829 g/mol. The first-order valence-electron chi connectivity index (χ1n) is 25.2. The van der Waals surface area contributed by atoms with E-state index >= 15 is 0 Å². The van der Waals surface area contributed by atoms with Crippen molar-refractivity contribution in [3.63, 3.8) is 0 Å². The number of esters is 3. The molecule has 0 fully saturated rings. The lowest BCUT2D eigenvalue weighted by molar-refractivity contribution is -0.167. The highest BCUT2D eigenvalue weighted by atomic mass is 16.6. The Morgan fingerprint density at radius 2 is 0.537 bits per heavy atom. The van der Waals surface area contributed by atoms with Crippen LogP contribution in [0.1, 0.15) is 149 Å². The number of allylic oxidation sites excluding steroid dienone is 32. The largest absolute Gasteiger partial charge is 0.462 e. The Bertz CT molecular complexity index is 1710. The molecule has 0 aliphatic carbocycles.